The van der Waals surface area contributed by atoms with Crippen molar-refractivity contribution in [3.05, 3.63) is 35.4 Å². The van der Waals surface area contributed by atoms with Crippen molar-refractivity contribution >= 4 is 23.7 Å². The van der Waals surface area contributed by atoms with Gasteiger partial charge in [-0.25, -0.2) is 13.6 Å². The first kappa shape index (κ1) is 29.1. The summed E-state index contributed by atoms with van der Waals surface area (Å²) in [5.74, 6) is -4.33. The maximum Gasteiger partial charge on any atom is 0.331 e. The molecule has 0 aromatic heterocycles. The van der Waals surface area contributed by atoms with Gasteiger partial charge < -0.3 is 29.7 Å². The molecule has 3 amide bonds. The molecule has 12 heteroatoms. The van der Waals surface area contributed by atoms with Crippen molar-refractivity contribution in [2.75, 3.05) is 21.3 Å². The van der Waals surface area contributed by atoms with E-state index in [0.717, 1.165) is 6.07 Å². The topological polar surface area (TPSA) is 123 Å². The number of nitrogens with zero attached hydrogens (tertiary/aromatic N) is 1. The molecule has 1 fully saturated rings. The molecule has 0 radical (unpaired) electrons. The average molecular weight is 514 g/mol. The van der Waals surface area contributed by atoms with Crippen molar-refractivity contribution in [1.82, 2.24) is 15.5 Å². The number of likely N-dealkylation sites (tertiary alicyclic amines) is 1. The molecule has 1 saturated heterocycles. The van der Waals surface area contributed by atoms with Crippen molar-refractivity contribution in [3.8, 4) is 0 Å². The molecular weight excluding hydrogens is 480 g/mol. The molecule has 1 aromatic carbocycles. The Balaban J connectivity index is 2.12. The molecule has 0 bridgehead atoms. The van der Waals surface area contributed by atoms with Gasteiger partial charge in [-0.05, 0) is 26.3 Å². The first-order valence-electron chi connectivity index (χ1n) is 11.5. The predicted molar refractivity (Wildman–Crippen MR) is 123 cm³/mol. The summed E-state index contributed by atoms with van der Waals surface area (Å²) in [6, 6.07) is 0.830. The van der Waals surface area contributed by atoms with E-state index in [1.165, 1.54) is 38.4 Å². The number of rotatable bonds is 12. The predicted octanol–water partition coefficient (Wildman–Crippen LogP) is 1.06. The third-order valence-corrected chi connectivity index (χ3v) is 6.28. The smallest absolute Gasteiger partial charge is 0.331 e. The number of carbonyl (C=O) groups is 4. The molecule has 5 atom stereocenters. The number of carbonyl (C=O) groups excluding carboxylic acids is 4. The standard InChI is InChI=1S/C24H33F2N3O7/c1-13(34-3)21(23(32)28-22(14(2)35-4)24(33)36-5)27-18(30)11-16-9-10-19(31)29(16)12-15-7-6-8-17(25)20(15)26/h6-8,13-14,16,21-22H,9-12H2,1-5H3,(H,27,30)(H,28,32)/t13-,14-,16+,21+,22+/m1/s1. The van der Waals surface area contributed by atoms with E-state index in [1.807, 2.05) is 0 Å². The van der Waals surface area contributed by atoms with Crippen LogP contribution >= 0.6 is 0 Å². The maximum atomic E-state index is 14.1. The number of methoxy groups -OCH3 is 3. The number of esters is 1. The summed E-state index contributed by atoms with van der Waals surface area (Å²) in [4.78, 5) is 51.7. The summed E-state index contributed by atoms with van der Waals surface area (Å²) in [6.07, 6.45) is -1.15. The highest BCUT2D eigenvalue weighted by Crippen LogP contribution is 2.25. The van der Waals surface area contributed by atoms with Crippen LogP contribution in [0.25, 0.3) is 0 Å². The number of hydrogen-bond donors (Lipinski definition) is 2. The second-order valence-electron chi connectivity index (χ2n) is 8.57. The van der Waals surface area contributed by atoms with Gasteiger partial charge in [0.15, 0.2) is 17.7 Å². The minimum Gasteiger partial charge on any atom is -0.467 e. The average Bonchev–Trinajstić information content (AvgIpc) is 3.20. The molecule has 200 valence electrons. The van der Waals surface area contributed by atoms with Crippen LogP contribution in [0.5, 0.6) is 0 Å². The van der Waals surface area contributed by atoms with Crippen LogP contribution in [-0.4, -0.2) is 80.3 Å². The Kier molecular flexibility index (Phi) is 10.7. The monoisotopic (exact) mass is 513 g/mol. The fraction of sp³-hybridized carbons (Fsp3) is 0.583. The molecule has 2 N–H and O–H groups in total. The Morgan fingerprint density at radius 2 is 1.69 bits per heavy atom. The van der Waals surface area contributed by atoms with Crippen molar-refractivity contribution in [3.63, 3.8) is 0 Å². The van der Waals surface area contributed by atoms with Gasteiger partial charge in [0.1, 0.15) is 6.04 Å². The summed E-state index contributed by atoms with van der Waals surface area (Å²) >= 11 is 0. The molecule has 2 rings (SSSR count). The van der Waals surface area contributed by atoms with Crippen LogP contribution in [-0.2, 0) is 39.9 Å². The number of halogens is 2. The van der Waals surface area contributed by atoms with Crippen LogP contribution in [0, 0.1) is 11.6 Å². The van der Waals surface area contributed by atoms with Crippen molar-refractivity contribution in [2.24, 2.45) is 0 Å². The quantitative estimate of drug-likeness (QED) is 0.401. The van der Waals surface area contributed by atoms with Crippen LogP contribution in [0.4, 0.5) is 8.78 Å². The van der Waals surface area contributed by atoms with Gasteiger partial charge in [-0.2, -0.15) is 0 Å². The Labute approximate surface area is 208 Å². The summed E-state index contributed by atoms with van der Waals surface area (Å²) < 4.78 is 42.8. The first-order valence-corrected chi connectivity index (χ1v) is 11.5. The third-order valence-electron chi connectivity index (χ3n) is 6.28. The summed E-state index contributed by atoms with van der Waals surface area (Å²) in [5.41, 5.74) is 0.00188. The van der Waals surface area contributed by atoms with Crippen LogP contribution in [0.15, 0.2) is 18.2 Å². The largest absolute Gasteiger partial charge is 0.467 e. The molecule has 1 aliphatic rings. The lowest BCUT2D eigenvalue weighted by atomic mass is 10.1. The first-order chi connectivity index (χ1) is 17.0. The molecule has 1 aromatic rings. The summed E-state index contributed by atoms with van der Waals surface area (Å²) in [5, 5.41) is 5.11. The molecule has 1 heterocycles. The fourth-order valence-electron chi connectivity index (χ4n) is 3.93. The summed E-state index contributed by atoms with van der Waals surface area (Å²) in [6.45, 7) is 2.95. The van der Waals surface area contributed by atoms with Crippen LogP contribution < -0.4 is 10.6 Å². The van der Waals surface area contributed by atoms with E-state index < -0.39 is 59.8 Å². The van der Waals surface area contributed by atoms with Gasteiger partial charge in [0, 0.05) is 45.2 Å². The number of nitrogens with one attached hydrogen (secondary N) is 2. The number of ether oxygens (including phenoxy) is 3. The van der Waals surface area contributed by atoms with Crippen molar-refractivity contribution in [2.45, 2.75) is 70.0 Å². The van der Waals surface area contributed by atoms with Crippen molar-refractivity contribution < 1.29 is 42.2 Å². The minimum absolute atomic E-state index is 0.00188. The number of amides is 3. The van der Waals surface area contributed by atoms with Gasteiger partial charge in [0.25, 0.3) is 0 Å². The van der Waals surface area contributed by atoms with Crippen LogP contribution in [0.3, 0.4) is 0 Å². The highest BCUT2D eigenvalue weighted by atomic mass is 19.2. The van der Waals surface area contributed by atoms with Gasteiger partial charge >= 0.3 is 5.97 Å². The Morgan fingerprint density at radius 1 is 1.06 bits per heavy atom. The Bertz CT molecular complexity index is 962. The van der Waals surface area contributed by atoms with E-state index in [4.69, 9.17) is 14.2 Å². The van der Waals surface area contributed by atoms with E-state index in [-0.39, 0.29) is 30.9 Å². The highest BCUT2D eigenvalue weighted by Gasteiger charge is 2.36. The lowest BCUT2D eigenvalue weighted by Gasteiger charge is -2.29. The Morgan fingerprint density at radius 3 is 2.31 bits per heavy atom. The lowest BCUT2D eigenvalue weighted by Crippen LogP contribution is -2.58. The number of benzene rings is 1. The zero-order valence-electron chi connectivity index (χ0n) is 21.0. The Hall–Kier alpha value is -3.12. The summed E-state index contributed by atoms with van der Waals surface area (Å²) in [7, 11) is 3.90. The molecule has 0 saturated carbocycles. The maximum absolute atomic E-state index is 14.1. The molecule has 0 aliphatic carbocycles. The second kappa shape index (κ2) is 13.3. The highest BCUT2D eigenvalue weighted by molar-refractivity contribution is 5.91. The minimum atomic E-state index is -1.18. The van der Waals surface area contributed by atoms with E-state index in [1.54, 1.807) is 13.8 Å². The third kappa shape index (κ3) is 7.20. The second-order valence-corrected chi connectivity index (χ2v) is 8.57. The van der Waals surface area contributed by atoms with E-state index in [0.29, 0.717) is 6.42 Å². The molecule has 0 unspecified atom stereocenters. The van der Waals surface area contributed by atoms with Gasteiger partial charge in [0.05, 0.1) is 19.3 Å². The molecule has 1 aliphatic heterocycles. The van der Waals surface area contributed by atoms with Crippen LogP contribution in [0.2, 0.25) is 0 Å². The van der Waals surface area contributed by atoms with Gasteiger partial charge in [0.2, 0.25) is 17.7 Å². The van der Waals surface area contributed by atoms with Gasteiger partial charge in [-0.3, -0.25) is 14.4 Å². The van der Waals surface area contributed by atoms with Gasteiger partial charge in [-0.15, -0.1) is 0 Å². The molecular formula is C24H33F2N3O7. The number of hydrogen-bond acceptors (Lipinski definition) is 7. The zero-order valence-corrected chi connectivity index (χ0v) is 21.0. The van der Waals surface area contributed by atoms with E-state index in [9.17, 15) is 28.0 Å². The SMILES string of the molecule is COC(=O)[C@@H](NC(=O)[C@@H](NC(=O)C[C@@H]1CCC(=O)N1Cc1cccc(F)c1F)[C@@H](C)OC)[C@@H](C)OC. The van der Waals surface area contributed by atoms with Crippen LogP contribution in [0.1, 0.15) is 38.7 Å². The zero-order chi connectivity index (χ0) is 27.0. The van der Waals surface area contributed by atoms with E-state index in [2.05, 4.69) is 10.6 Å². The molecule has 10 nitrogen and oxygen atoms in total. The molecule has 0 spiro atoms. The molecule has 36 heavy (non-hydrogen) atoms. The van der Waals surface area contributed by atoms with E-state index >= 15 is 0 Å². The van der Waals surface area contributed by atoms with Crippen molar-refractivity contribution in [1.29, 1.82) is 0 Å². The normalized spacial score (nSPS) is 18.8. The fourth-order valence-corrected chi connectivity index (χ4v) is 3.93. The van der Waals surface area contributed by atoms with Gasteiger partial charge in [-0.1, -0.05) is 12.1 Å². The lowest BCUT2D eigenvalue weighted by molar-refractivity contribution is -0.149.